The Balaban J connectivity index is 1.97. The summed E-state index contributed by atoms with van der Waals surface area (Å²) in [5, 5.41) is 0.996. The molecule has 0 saturated carbocycles. The molecule has 0 amide bonds. The maximum Gasteiger partial charge on any atom is 0.324 e. The summed E-state index contributed by atoms with van der Waals surface area (Å²) in [6.45, 7) is 4.94. The lowest BCUT2D eigenvalue weighted by molar-refractivity contribution is -0.240. The molecule has 21 heavy (non-hydrogen) atoms. The number of aromatic nitrogens is 1. The number of carbonyl (C=O) groups is 2. The van der Waals surface area contributed by atoms with Gasteiger partial charge < -0.3 is 14.5 Å². The van der Waals surface area contributed by atoms with E-state index in [0.29, 0.717) is 0 Å². The van der Waals surface area contributed by atoms with Gasteiger partial charge in [0.2, 0.25) is 0 Å². The number of aromatic amines is 1. The van der Waals surface area contributed by atoms with Crippen molar-refractivity contribution in [1.82, 2.24) is 4.98 Å². The molecule has 1 aliphatic rings. The summed E-state index contributed by atoms with van der Waals surface area (Å²) in [7, 11) is 0. The number of cyclic esters (lactones) is 2. The lowest BCUT2D eigenvalue weighted by Crippen LogP contribution is -2.47. The van der Waals surface area contributed by atoms with Crippen molar-refractivity contribution in [1.29, 1.82) is 0 Å². The molecule has 1 unspecified atom stereocenters. The molecule has 0 aliphatic carbocycles. The van der Waals surface area contributed by atoms with Crippen molar-refractivity contribution >= 4 is 22.8 Å². The first-order valence-corrected chi connectivity index (χ1v) is 6.91. The largest absolute Gasteiger partial charge is 0.422 e. The number of carbonyl (C=O) groups excluding carboxylic acids is 2. The van der Waals surface area contributed by atoms with Crippen LogP contribution in [-0.4, -0.2) is 22.7 Å². The van der Waals surface area contributed by atoms with Crippen LogP contribution in [0.15, 0.2) is 30.5 Å². The third-order valence-corrected chi connectivity index (χ3v) is 3.81. The van der Waals surface area contributed by atoms with Crippen LogP contribution in [0.25, 0.3) is 10.9 Å². The monoisotopic (exact) mass is 287 g/mol. The Morgan fingerprint density at radius 3 is 2.43 bits per heavy atom. The lowest BCUT2D eigenvalue weighted by Gasteiger charge is -2.34. The zero-order chi connectivity index (χ0) is 15.2. The number of nitrogens with one attached hydrogen (secondary N) is 1. The van der Waals surface area contributed by atoms with Crippen LogP contribution in [0.3, 0.4) is 0 Å². The molecule has 2 heterocycles. The smallest absolute Gasteiger partial charge is 0.324 e. The van der Waals surface area contributed by atoms with Crippen LogP contribution in [0, 0.1) is 5.92 Å². The Bertz CT molecular complexity index is 696. The van der Waals surface area contributed by atoms with E-state index in [1.165, 1.54) is 0 Å². The molecule has 3 rings (SSSR count). The SMILES string of the molecule is CC(c1c[nH]c2ccccc12)C1C(=O)OC(C)(C)OC1=O. The van der Waals surface area contributed by atoms with Crippen molar-refractivity contribution in [2.24, 2.45) is 5.92 Å². The highest BCUT2D eigenvalue weighted by Crippen LogP contribution is 2.35. The Hall–Kier alpha value is -2.30. The minimum absolute atomic E-state index is 0.322. The van der Waals surface area contributed by atoms with Gasteiger partial charge in [-0.15, -0.1) is 0 Å². The summed E-state index contributed by atoms with van der Waals surface area (Å²) < 4.78 is 10.4. The Labute approximate surface area is 122 Å². The fourth-order valence-corrected chi connectivity index (χ4v) is 2.79. The van der Waals surface area contributed by atoms with E-state index in [4.69, 9.17) is 9.47 Å². The van der Waals surface area contributed by atoms with Crippen molar-refractivity contribution in [3.05, 3.63) is 36.0 Å². The minimum Gasteiger partial charge on any atom is -0.422 e. The molecule has 0 spiro atoms. The van der Waals surface area contributed by atoms with Crippen LogP contribution in [0.5, 0.6) is 0 Å². The number of ether oxygens (including phenoxy) is 2. The molecule has 1 fully saturated rings. The van der Waals surface area contributed by atoms with Crippen molar-refractivity contribution in [3.8, 4) is 0 Å². The van der Waals surface area contributed by atoms with Gasteiger partial charge in [-0.2, -0.15) is 0 Å². The quantitative estimate of drug-likeness (QED) is 0.681. The van der Waals surface area contributed by atoms with Gasteiger partial charge in [0.05, 0.1) is 0 Å². The van der Waals surface area contributed by atoms with Gasteiger partial charge >= 0.3 is 11.9 Å². The molecule has 1 atom stereocenters. The second-order valence-corrected chi connectivity index (χ2v) is 5.80. The normalized spacial score (nSPS) is 20.1. The Kier molecular flexibility index (Phi) is 3.01. The topological polar surface area (TPSA) is 68.4 Å². The number of benzene rings is 1. The molecule has 1 aromatic heterocycles. The van der Waals surface area contributed by atoms with E-state index in [0.717, 1.165) is 16.5 Å². The summed E-state index contributed by atoms with van der Waals surface area (Å²) >= 11 is 0. The van der Waals surface area contributed by atoms with Gasteiger partial charge in [0.1, 0.15) is 0 Å². The summed E-state index contributed by atoms with van der Waals surface area (Å²) in [6.07, 6.45) is 1.83. The zero-order valence-electron chi connectivity index (χ0n) is 12.2. The van der Waals surface area contributed by atoms with Crippen LogP contribution in [0.2, 0.25) is 0 Å². The van der Waals surface area contributed by atoms with E-state index >= 15 is 0 Å². The van der Waals surface area contributed by atoms with E-state index in [9.17, 15) is 9.59 Å². The molecule has 1 N–H and O–H groups in total. The van der Waals surface area contributed by atoms with Gasteiger partial charge in [-0.3, -0.25) is 9.59 Å². The maximum atomic E-state index is 12.2. The van der Waals surface area contributed by atoms with E-state index in [2.05, 4.69) is 4.98 Å². The molecule has 1 saturated heterocycles. The first-order chi connectivity index (χ1) is 9.89. The molecule has 0 bridgehead atoms. The highest BCUT2D eigenvalue weighted by atomic mass is 16.7. The molecule has 2 aromatic rings. The van der Waals surface area contributed by atoms with Crippen LogP contribution in [0.1, 0.15) is 32.3 Å². The van der Waals surface area contributed by atoms with Crippen LogP contribution in [-0.2, 0) is 19.1 Å². The summed E-state index contributed by atoms with van der Waals surface area (Å²) in [6, 6.07) is 7.76. The average molecular weight is 287 g/mol. The van der Waals surface area contributed by atoms with Crippen LogP contribution >= 0.6 is 0 Å². The van der Waals surface area contributed by atoms with Crippen molar-refractivity contribution in [2.75, 3.05) is 0 Å². The predicted molar refractivity (Wildman–Crippen MR) is 76.5 cm³/mol. The highest BCUT2D eigenvalue weighted by Gasteiger charge is 2.46. The van der Waals surface area contributed by atoms with E-state index in [1.54, 1.807) is 13.8 Å². The predicted octanol–water partition coefficient (Wildman–Crippen LogP) is 2.72. The molecule has 1 aromatic carbocycles. The number of hydrogen-bond donors (Lipinski definition) is 1. The van der Waals surface area contributed by atoms with Crippen LogP contribution in [0.4, 0.5) is 0 Å². The number of para-hydroxylation sites is 1. The van der Waals surface area contributed by atoms with Gasteiger partial charge in [-0.1, -0.05) is 25.1 Å². The van der Waals surface area contributed by atoms with Gasteiger partial charge in [0.25, 0.3) is 5.79 Å². The number of H-pyrrole nitrogens is 1. The average Bonchev–Trinajstić information content (AvgIpc) is 2.79. The number of rotatable bonds is 2. The van der Waals surface area contributed by atoms with Crippen molar-refractivity contribution < 1.29 is 19.1 Å². The lowest BCUT2D eigenvalue weighted by atomic mass is 9.86. The molecule has 1 aliphatic heterocycles. The summed E-state index contributed by atoms with van der Waals surface area (Å²) in [4.78, 5) is 27.5. The van der Waals surface area contributed by atoms with Crippen molar-refractivity contribution in [3.63, 3.8) is 0 Å². The van der Waals surface area contributed by atoms with Gasteiger partial charge in [-0.25, -0.2) is 0 Å². The molecular weight excluding hydrogens is 270 g/mol. The number of esters is 2. The minimum atomic E-state index is -1.19. The Morgan fingerprint density at radius 2 is 1.76 bits per heavy atom. The maximum absolute atomic E-state index is 12.2. The van der Waals surface area contributed by atoms with Gasteiger partial charge in [-0.05, 0) is 11.6 Å². The molecule has 110 valence electrons. The molecular formula is C16H17NO4. The third-order valence-electron chi connectivity index (χ3n) is 3.81. The standard InChI is InChI=1S/C16H17NO4/c1-9(11-8-17-12-7-5-4-6-10(11)12)13-14(18)20-16(2,3)21-15(13)19/h4-9,13,17H,1-3H3. The highest BCUT2D eigenvalue weighted by molar-refractivity contribution is 5.98. The summed E-state index contributed by atoms with van der Waals surface area (Å²) in [5.74, 6) is -3.51. The van der Waals surface area contributed by atoms with Crippen LogP contribution < -0.4 is 0 Å². The molecule has 5 nitrogen and oxygen atoms in total. The second kappa shape index (κ2) is 4.62. The zero-order valence-corrected chi connectivity index (χ0v) is 12.2. The molecule has 5 heteroatoms. The van der Waals surface area contributed by atoms with Gasteiger partial charge in [0, 0.05) is 36.9 Å². The summed E-state index contributed by atoms with van der Waals surface area (Å²) in [5.41, 5.74) is 1.88. The fraction of sp³-hybridized carbons (Fsp3) is 0.375. The number of hydrogen-bond acceptors (Lipinski definition) is 4. The molecule has 0 radical (unpaired) electrons. The van der Waals surface area contributed by atoms with Crippen molar-refractivity contribution in [2.45, 2.75) is 32.5 Å². The van der Waals surface area contributed by atoms with E-state index in [1.807, 2.05) is 37.4 Å². The third kappa shape index (κ3) is 2.28. The number of fused-ring (bicyclic) bond motifs is 1. The second-order valence-electron chi connectivity index (χ2n) is 5.80. The first-order valence-electron chi connectivity index (χ1n) is 6.91. The van der Waals surface area contributed by atoms with E-state index < -0.39 is 23.6 Å². The Morgan fingerprint density at radius 1 is 1.14 bits per heavy atom. The van der Waals surface area contributed by atoms with Gasteiger partial charge in [0.15, 0.2) is 5.92 Å². The first kappa shape index (κ1) is 13.7. The van der Waals surface area contributed by atoms with E-state index in [-0.39, 0.29) is 5.92 Å². The fourth-order valence-electron chi connectivity index (χ4n) is 2.79.